The van der Waals surface area contributed by atoms with Crippen LogP contribution in [0.15, 0.2) is 94.7 Å². The Morgan fingerprint density at radius 3 is 1.06 bits per heavy atom. The van der Waals surface area contributed by atoms with Gasteiger partial charge in [-0.3, -0.25) is 19.2 Å². The van der Waals surface area contributed by atoms with Gasteiger partial charge in [-0.25, -0.2) is 0 Å². The molecular weight excluding hydrogens is 933 g/mol. The van der Waals surface area contributed by atoms with E-state index in [1.807, 2.05) is 0 Å². The molecule has 2 aliphatic heterocycles. The normalized spacial score (nSPS) is 15.5. The second-order valence-corrected chi connectivity index (χ2v) is 16.4. The van der Waals surface area contributed by atoms with E-state index in [4.69, 9.17) is 0 Å². The van der Waals surface area contributed by atoms with Gasteiger partial charge in [-0.05, 0) is 58.7 Å². The lowest BCUT2D eigenvalue weighted by Gasteiger charge is -2.33. The number of benzene rings is 4. The Kier molecular flexibility index (Phi) is 14.6. The first-order valence-corrected chi connectivity index (χ1v) is 21.0. The van der Waals surface area contributed by atoms with Crippen LogP contribution < -0.4 is 0 Å². The molecule has 21 heteroatoms. The molecule has 6 rings (SSSR count). The van der Waals surface area contributed by atoms with Crippen molar-refractivity contribution >= 4 is 47.5 Å². The van der Waals surface area contributed by atoms with E-state index in [2.05, 4.69) is 0 Å². The monoisotopic (exact) mass is 970 g/mol. The van der Waals surface area contributed by atoms with Gasteiger partial charge in [-0.15, -0.1) is 0 Å². The van der Waals surface area contributed by atoms with Crippen molar-refractivity contribution in [2.75, 3.05) is 52.4 Å². The molecule has 2 heterocycles. The maximum absolute atomic E-state index is 15.6. The van der Waals surface area contributed by atoms with Gasteiger partial charge < -0.3 is 19.6 Å². The molecule has 8 nitrogen and oxygen atoms in total. The van der Waals surface area contributed by atoms with Crippen molar-refractivity contribution < 1.29 is 71.9 Å². The first kappa shape index (κ1) is 50.2. The highest BCUT2D eigenvalue weighted by atomic mass is 32.2. The average molecular weight is 971 g/mol. The molecule has 2 aliphatic rings. The maximum atomic E-state index is 15.6. The fourth-order valence-corrected chi connectivity index (χ4v) is 8.97. The predicted octanol–water partition coefficient (Wildman–Crippen LogP) is 10.7. The van der Waals surface area contributed by atoms with Crippen LogP contribution in [0.2, 0.25) is 0 Å². The van der Waals surface area contributed by atoms with Gasteiger partial charge in [0.1, 0.15) is 0 Å². The second kappa shape index (κ2) is 19.5. The molecule has 0 radical (unpaired) electrons. The zero-order chi connectivity index (χ0) is 49.2. The van der Waals surface area contributed by atoms with E-state index in [-0.39, 0.29) is 75.9 Å². The van der Waals surface area contributed by atoms with Gasteiger partial charge in [0.2, 0.25) is 23.6 Å². The molecular formula is C46H38F12N4O4S. The molecule has 0 N–H and O–H groups in total. The van der Waals surface area contributed by atoms with Gasteiger partial charge in [0.25, 0.3) is 0 Å². The van der Waals surface area contributed by atoms with Gasteiger partial charge in [0.15, 0.2) is 0 Å². The molecule has 0 atom stereocenters. The van der Waals surface area contributed by atoms with Gasteiger partial charge in [-0.2, -0.15) is 52.7 Å². The minimum atomic E-state index is -5.61. The molecule has 0 aromatic heterocycles. The third-order valence-corrected chi connectivity index (χ3v) is 12.2. The van der Waals surface area contributed by atoms with Crippen molar-refractivity contribution in [1.29, 1.82) is 0 Å². The lowest BCUT2D eigenvalue weighted by molar-refractivity contribution is -0.141. The summed E-state index contributed by atoms with van der Waals surface area (Å²) in [5.41, 5.74) is -12.4. The molecule has 2 saturated heterocycles. The molecule has 356 valence electrons. The topological polar surface area (TPSA) is 81.2 Å². The summed E-state index contributed by atoms with van der Waals surface area (Å²) in [6, 6.07) is 9.40. The fraction of sp³-hybridized carbons (Fsp3) is 0.304. The largest absolute Gasteiger partial charge is 0.418 e. The summed E-state index contributed by atoms with van der Waals surface area (Å²) < 4.78 is 181. The molecule has 0 unspecified atom stereocenters. The minimum Gasteiger partial charge on any atom is -0.339 e. The van der Waals surface area contributed by atoms with E-state index in [0.29, 0.717) is 24.3 Å². The summed E-state index contributed by atoms with van der Waals surface area (Å²) in [7, 11) is 0. The number of carbonyl (C=O) groups is 4. The highest BCUT2D eigenvalue weighted by Gasteiger charge is 2.44. The van der Waals surface area contributed by atoms with E-state index in [1.54, 1.807) is 0 Å². The van der Waals surface area contributed by atoms with E-state index in [1.165, 1.54) is 33.4 Å². The van der Waals surface area contributed by atoms with Crippen molar-refractivity contribution in [3.8, 4) is 22.3 Å². The van der Waals surface area contributed by atoms with Gasteiger partial charge in [0, 0.05) is 99.3 Å². The number of alkyl halides is 12. The third kappa shape index (κ3) is 11.5. The number of nitrogens with zero attached hydrogens (tertiary/aromatic N) is 4. The maximum Gasteiger partial charge on any atom is 0.418 e. The van der Waals surface area contributed by atoms with Crippen LogP contribution in [0.3, 0.4) is 0 Å². The first-order chi connectivity index (χ1) is 31.3. The molecule has 67 heavy (non-hydrogen) atoms. The van der Waals surface area contributed by atoms with Crippen LogP contribution in [-0.4, -0.2) is 95.6 Å². The number of rotatable bonds is 8. The Morgan fingerprint density at radius 2 is 0.761 bits per heavy atom. The van der Waals surface area contributed by atoms with Crippen molar-refractivity contribution in [3.63, 3.8) is 0 Å². The van der Waals surface area contributed by atoms with Crippen molar-refractivity contribution in [2.45, 2.75) is 48.3 Å². The number of carbonyl (C=O) groups excluding carboxylic acids is 4. The third-order valence-electron chi connectivity index (χ3n) is 11.1. The summed E-state index contributed by atoms with van der Waals surface area (Å²) in [6.07, 6.45) is -18.5. The smallest absolute Gasteiger partial charge is 0.339 e. The first-order valence-electron chi connectivity index (χ1n) is 20.2. The molecule has 0 spiro atoms. The van der Waals surface area contributed by atoms with Gasteiger partial charge in [0.05, 0.1) is 22.3 Å². The van der Waals surface area contributed by atoms with Crippen LogP contribution in [0.5, 0.6) is 0 Å². The number of hydrogen-bond donors (Lipinski definition) is 0. The van der Waals surface area contributed by atoms with Crippen LogP contribution in [0, 0.1) is 0 Å². The molecule has 4 amide bonds. The lowest BCUT2D eigenvalue weighted by atomic mass is 9.90. The standard InChI is InChI=1S/C46H38F12N4O4S/c1-27(63)59-19-23-61(24-20-59)37(65)17-13-29-11-15-35(41(45(53,54)55)39(29)31-7-3-5-9-33(31)43(47,48)49)67-36-16-12-30(14-18-38(66)62-25-21-60(22-26-62)28(2)64)40(42(36)46(56,57)58)32-8-4-6-10-34(32)44(50,51)52/h3-18H,19-26H2,1-2H3/b17-13+,18-14+. The summed E-state index contributed by atoms with van der Waals surface area (Å²) in [4.78, 5) is 53.2. The summed E-state index contributed by atoms with van der Waals surface area (Å²) in [5.74, 6) is -2.07. The number of amides is 4. The molecule has 0 aliphatic carbocycles. The Bertz CT molecular complexity index is 2430. The van der Waals surface area contributed by atoms with E-state index in [0.717, 1.165) is 72.8 Å². The summed E-state index contributed by atoms with van der Waals surface area (Å²) >= 11 is -0.210. The Morgan fingerprint density at radius 1 is 0.448 bits per heavy atom. The predicted molar refractivity (Wildman–Crippen MR) is 224 cm³/mol. The highest BCUT2D eigenvalue weighted by molar-refractivity contribution is 7.99. The van der Waals surface area contributed by atoms with Gasteiger partial charge >= 0.3 is 24.7 Å². The highest BCUT2D eigenvalue weighted by Crippen LogP contribution is 2.53. The second-order valence-electron chi connectivity index (χ2n) is 15.3. The average Bonchev–Trinajstić information content (AvgIpc) is 3.26. The quantitative estimate of drug-likeness (QED) is 0.130. The van der Waals surface area contributed by atoms with Crippen molar-refractivity contribution in [2.24, 2.45) is 0 Å². The Hall–Kier alpha value is -6.25. The van der Waals surface area contributed by atoms with Gasteiger partial charge in [-0.1, -0.05) is 60.3 Å². The molecule has 0 bridgehead atoms. The van der Waals surface area contributed by atoms with E-state index >= 15 is 26.3 Å². The zero-order valence-corrected chi connectivity index (χ0v) is 36.1. The van der Waals surface area contributed by atoms with Crippen LogP contribution >= 0.6 is 11.8 Å². The van der Waals surface area contributed by atoms with Crippen LogP contribution in [-0.2, 0) is 43.9 Å². The SMILES string of the molecule is CC(=O)N1CCN(C(=O)/C=C/c2ccc(Sc3ccc(/C=C/C(=O)N4CCN(C(C)=O)CC4)c(-c4ccccc4C(F)(F)F)c3C(F)(F)F)c(C(F)(F)F)c2-c2ccccc2C(F)(F)F)CC1. The summed E-state index contributed by atoms with van der Waals surface area (Å²) in [6.45, 7) is 3.24. The van der Waals surface area contributed by atoms with Crippen LogP contribution in [0.1, 0.15) is 47.2 Å². The van der Waals surface area contributed by atoms with E-state index in [9.17, 15) is 45.5 Å². The van der Waals surface area contributed by atoms with Crippen LogP contribution in [0.25, 0.3) is 34.4 Å². The van der Waals surface area contributed by atoms with E-state index < -0.39 is 102 Å². The molecule has 4 aromatic carbocycles. The Labute approximate surface area is 379 Å². The molecule has 2 fully saturated rings. The lowest BCUT2D eigenvalue weighted by Crippen LogP contribution is -2.49. The number of halogens is 12. The zero-order valence-electron chi connectivity index (χ0n) is 35.3. The Balaban J connectivity index is 1.55. The number of piperazine rings is 2. The van der Waals surface area contributed by atoms with Crippen molar-refractivity contribution in [1.82, 2.24) is 19.6 Å². The minimum absolute atomic E-state index is 0.0251. The van der Waals surface area contributed by atoms with Crippen LogP contribution in [0.4, 0.5) is 52.7 Å². The summed E-state index contributed by atoms with van der Waals surface area (Å²) in [5, 5.41) is 0. The van der Waals surface area contributed by atoms with Crippen molar-refractivity contribution in [3.05, 3.63) is 118 Å². The molecule has 0 saturated carbocycles. The fourth-order valence-electron chi connectivity index (χ4n) is 7.82. The number of hydrogen-bond acceptors (Lipinski definition) is 5. The molecule has 4 aromatic rings.